The molecule has 2 aromatic rings. The van der Waals surface area contributed by atoms with Gasteiger partial charge in [-0.05, 0) is 60.9 Å². The molecule has 0 fully saturated rings. The van der Waals surface area contributed by atoms with E-state index in [1.807, 2.05) is 23.9 Å². The Bertz CT molecular complexity index is 585. The molecule has 0 amide bonds. The summed E-state index contributed by atoms with van der Waals surface area (Å²) in [6, 6.07) is 16.0. The number of nitrogens with one attached hydrogen (secondary N) is 1. The van der Waals surface area contributed by atoms with Gasteiger partial charge in [-0.2, -0.15) is 0 Å². The van der Waals surface area contributed by atoms with Gasteiger partial charge in [0, 0.05) is 10.9 Å². The summed E-state index contributed by atoms with van der Waals surface area (Å²) < 4.78 is 13.4. The molecule has 3 heteroatoms. The molecule has 1 heterocycles. The summed E-state index contributed by atoms with van der Waals surface area (Å²) in [6.45, 7) is 0.972. The summed E-state index contributed by atoms with van der Waals surface area (Å²) in [5.41, 5.74) is 2.51. The Morgan fingerprint density at radius 2 is 2.00 bits per heavy atom. The van der Waals surface area contributed by atoms with Gasteiger partial charge in [0.05, 0.1) is 0 Å². The Balaban J connectivity index is 1.54. The van der Waals surface area contributed by atoms with Gasteiger partial charge < -0.3 is 5.32 Å². The minimum Gasteiger partial charge on any atom is -0.310 e. The number of benzene rings is 2. The van der Waals surface area contributed by atoms with Gasteiger partial charge in [0.2, 0.25) is 0 Å². The molecular weight excluding hydrogens is 281 g/mol. The van der Waals surface area contributed by atoms with Gasteiger partial charge in [-0.1, -0.05) is 30.3 Å². The van der Waals surface area contributed by atoms with E-state index in [0.717, 1.165) is 37.1 Å². The van der Waals surface area contributed by atoms with Crippen molar-refractivity contribution >= 4 is 11.8 Å². The Hall–Kier alpha value is -1.32. The lowest BCUT2D eigenvalue weighted by Crippen LogP contribution is -2.26. The highest BCUT2D eigenvalue weighted by Gasteiger charge is 2.20. The van der Waals surface area contributed by atoms with Crippen LogP contribution in [0.5, 0.6) is 0 Å². The quantitative estimate of drug-likeness (QED) is 0.811. The zero-order valence-electron chi connectivity index (χ0n) is 12.0. The first-order chi connectivity index (χ1) is 10.3. The Kier molecular flexibility index (Phi) is 4.94. The molecule has 0 saturated carbocycles. The zero-order chi connectivity index (χ0) is 14.5. The second kappa shape index (κ2) is 7.10. The van der Waals surface area contributed by atoms with E-state index in [1.165, 1.54) is 10.5 Å². The summed E-state index contributed by atoms with van der Waals surface area (Å²) in [6.07, 6.45) is 3.27. The van der Waals surface area contributed by atoms with Crippen molar-refractivity contribution in [1.29, 1.82) is 0 Å². The van der Waals surface area contributed by atoms with Crippen LogP contribution in [0.4, 0.5) is 4.39 Å². The Labute approximate surface area is 130 Å². The smallest absolute Gasteiger partial charge is 0.123 e. The lowest BCUT2D eigenvalue weighted by molar-refractivity contribution is 0.498. The molecule has 1 atom stereocenters. The number of fused-ring (bicyclic) bond motifs is 1. The zero-order valence-corrected chi connectivity index (χ0v) is 12.8. The van der Waals surface area contributed by atoms with E-state index in [2.05, 4.69) is 29.6 Å². The summed E-state index contributed by atoms with van der Waals surface area (Å²) >= 11 is 1.83. The van der Waals surface area contributed by atoms with Crippen LogP contribution in [0.1, 0.15) is 30.0 Å². The average Bonchev–Trinajstić information content (AvgIpc) is 2.53. The van der Waals surface area contributed by atoms with E-state index >= 15 is 0 Å². The summed E-state index contributed by atoms with van der Waals surface area (Å²) in [5.74, 6) is 0.974. The molecular formula is C18H20FNS. The third-order valence-electron chi connectivity index (χ3n) is 3.89. The van der Waals surface area contributed by atoms with Gasteiger partial charge in [0.15, 0.2) is 0 Å². The molecule has 0 aromatic heterocycles. The molecule has 110 valence electrons. The second-order valence-electron chi connectivity index (χ2n) is 5.42. The SMILES string of the molecule is Fc1ccc2c(c1)C(NCCCc1ccccc1)CCS2. The number of aryl methyl sites for hydroxylation is 1. The minimum atomic E-state index is -0.132. The first-order valence-electron chi connectivity index (χ1n) is 7.52. The van der Waals surface area contributed by atoms with Crippen molar-refractivity contribution in [3.63, 3.8) is 0 Å². The third kappa shape index (κ3) is 3.86. The molecule has 0 bridgehead atoms. The van der Waals surface area contributed by atoms with Crippen LogP contribution in [-0.2, 0) is 6.42 Å². The Morgan fingerprint density at radius 3 is 2.86 bits per heavy atom. The fourth-order valence-corrected chi connectivity index (χ4v) is 3.90. The molecule has 1 aliphatic rings. The highest BCUT2D eigenvalue weighted by atomic mass is 32.2. The van der Waals surface area contributed by atoms with Gasteiger partial charge in [-0.15, -0.1) is 11.8 Å². The minimum absolute atomic E-state index is 0.132. The van der Waals surface area contributed by atoms with E-state index in [4.69, 9.17) is 0 Å². The van der Waals surface area contributed by atoms with E-state index in [0.29, 0.717) is 6.04 Å². The molecule has 3 rings (SSSR count). The molecule has 0 spiro atoms. The maximum absolute atomic E-state index is 13.4. The molecule has 1 nitrogen and oxygen atoms in total. The van der Waals surface area contributed by atoms with Crippen molar-refractivity contribution in [2.75, 3.05) is 12.3 Å². The number of hydrogen-bond donors (Lipinski definition) is 1. The topological polar surface area (TPSA) is 12.0 Å². The van der Waals surface area contributed by atoms with Gasteiger partial charge in [0.25, 0.3) is 0 Å². The normalized spacial score (nSPS) is 17.5. The van der Waals surface area contributed by atoms with Gasteiger partial charge in [0.1, 0.15) is 5.82 Å². The van der Waals surface area contributed by atoms with Gasteiger partial charge in [-0.3, -0.25) is 0 Å². The first kappa shape index (κ1) is 14.6. The van der Waals surface area contributed by atoms with Crippen LogP contribution in [0.15, 0.2) is 53.4 Å². The van der Waals surface area contributed by atoms with E-state index in [-0.39, 0.29) is 5.82 Å². The van der Waals surface area contributed by atoms with Crippen LogP contribution >= 0.6 is 11.8 Å². The number of rotatable bonds is 5. The third-order valence-corrected chi connectivity index (χ3v) is 5.01. The number of thioether (sulfide) groups is 1. The lowest BCUT2D eigenvalue weighted by Gasteiger charge is -2.26. The number of halogens is 1. The van der Waals surface area contributed by atoms with Crippen LogP contribution in [0.2, 0.25) is 0 Å². The standard InChI is InChI=1S/C18H20FNS/c19-15-8-9-18-16(13-15)17(10-12-21-18)20-11-4-7-14-5-2-1-3-6-14/h1-3,5-6,8-9,13,17,20H,4,7,10-12H2. The maximum Gasteiger partial charge on any atom is 0.123 e. The summed E-state index contributed by atoms with van der Waals surface area (Å²) in [5, 5.41) is 3.60. The lowest BCUT2D eigenvalue weighted by atomic mass is 10.0. The average molecular weight is 301 g/mol. The first-order valence-corrected chi connectivity index (χ1v) is 8.51. The van der Waals surface area contributed by atoms with E-state index in [1.54, 1.807) is 12.1 Å². The fourth-order valence-electron chi connectivity index (χ4n) is 2.79. The molecule has 0 saturated heterocycles. The summed E-state index contributed by atoms with van der Waals surface area (Å²) in [4.78, 5) is 1.23. The molecule has 1 N–H and O–H groups in total. The molecule has 1 unspecified atom stereocenters. The summed E-state index contributed by atoms with van der Waals surface area (Å²) in [7, 11) is 0. The van der Waals surface area contributed by atoms with Crippen LogP contribution < -0.4 is 5.32 Å². The predicted molar refractivity (Wildman–Crippen MR) is 87.2 cm³/mol. The van der Waals surface area contributed by atoms with E-state index < -0.39 is 0 Å². The fraction of sp³-hybridized carbons (Fsp3) is 0.333. The highest BCUT2D eigenvalue weighted by molar-refractivity contribution is 7.99. The highest BCUT2D eigenvalue weighted by Crippen LogP contribution is 2.36. The van der Waals surface area contributed by atoms with Crippen molar-refractivity contribution in [3.05, 3.63) is 65.5 Å². The van der Waals surface area contributed by atoms with Crippen molar-refractivity contribution in [2.24, 2.45) is 0 Å². The van der Waals surface area contributed by atoms with Crippen LogP contribution in [0, 0.1) is 5.82 Å². The Morgan fingerprint density at radius 1 is 1.14 bits per heavy atom. The van der Waals surface area contributed by atoms with E-state index in [9.17, 15) is 4.39 Å². The van der Waals surface area contributed by atoms with Crippen molar-refractivity contribution in [3.8, 4) is 0 Å². The predicted octanol–water partition coefficient (Wildman–Crippen LogP) is 4.59. The molecule has 0 aliphatic carbocycles. The van der Waals surface area contributed by atoms with Crippen LogP contribution in [0.3, 0.4) is 0 Å². The number of hydrogen-bond acceptors (Lipinski definition) is 2. The molecule has 21 heavy (non-hydrogen) atoms. The molecule has 1 aliphatic heterocycles. The second-order valence-corrected chi connectivity index (χ2v) is 6.55. The molecule has 0 radical (unpaired) electrons. The van der Waals surface area contributed by atoms with Crippen molar-refractivity contribution < 1.29 is 4.39 Å². The van der Waals surface area contributed by atoms with Crippen LogP contribution in [-0.4, -0.2) is 12.3 Å². The monoisotopic (exact) mass is 301 g/mol. The van der Waals surface area contributed by atoms with Gasteiger partial charge in [-0.25, -0.2) is 4.39 Å². The van der Waals surface area contributed by atoms with Crippen molar-refractivity contribution in [1.82, 2.24) is 5.32 Å². The largest absolute Gasteiger partial charge is 0.310 e. The van der Waals surface area contributed by atoms with Gasteiger partial charge >= 0.3 is 0 Å². The van der Waals surface area contributed by atoms with Crippen molar-refractivity contribution in [2.45, 2.75) is 30.2 Å². The molecule has 2 aromatic carbocycles. The maximum atomic E-state index is 13.4. The van der Waals surface area contributed by atoms with Crippen LogP contribution in [0.25, 0.3) is 0 Å².